The van der Waals surface area contributed by atoms with E-state index < -0.39 is 0 Å². The maximum atomic E-state index is 12.0. The van der Waals surface area contributed by atoms with Crippen LogP contribution in [0.4, 0.5) is 4.39 Å². The van der Waals surface area contributed by atoms with Crippen molar-refractivity contribution in [2.24, 2.45) is 23.7 Å². The molecule has 0 spiro atoms. The summed E-state index contributed by atoms with van der Waals surface area (Å²) in [4.78, 5) is 0. The zero-order valence-corrected chi connectivity index (χ0v) is 13.1. The Labute approximate surface area is 114 Å². The molecule has 0 saturated carbocycles. The van der Waals surface area contributed by atoms with Crippen molar-refractivity contribution in [2.75, 3.05) is 0 Å². The zero-order valence-electron chi connectivity index (χ0n) is 13.1. The van der Waals surface area contributed by atoms with Crippen molar-refractivity contribution in [2.45, 2.75) is 73.1 Å². The van der Waals surface area contributed by atoms with Crippen LogP contribution in [0.2, 0.25) is 0 Å². The summed E-state index contributed by atoms with van der Waals surface area (Å²) in [5.41, 5.74) is 0. The van der Waals surface area contributed by atoms with Crippen LogP contribution in [0.1, 0.15) is 73.1 Å². The second kappa shape index (κ2) is 10.6. The average Bonchev–Trinajstić information content (AvgIpc) is 2.31. The first-order chi connectivity index (χ1) is 8.51. The number of rotatable bonds is 10. The third-order valence-corrected chi connectivity index (χ3v) is 4.00. The minimum atomic E-state index is 0.605. The van der Waals surface area contributed by atoms with E-state index in [1.807, 2.05) is 0 Å². The minimum absolute atomic E-state index is 0.605. The van der Waals surface area contributed by atoms with Gasteiger partial charge in [0, 0.05) is 0 Å². The monoisotopic (exact) mass is 256 g/mol. The molecule has 0 amide bonds. The highest BCUT2D eigenvalue weighted by atomic mass is 19.1. The number of allylic oxidation sites excluding steroid dienone is 1. The van der Waals surface area contributed by atoms with E-state index in [1.165, 1.54) is 32.1 Å². The Hall–Kier alpha value is -0.330. The van der Waals surface area contributed by atoms with E-state index in [4.69, 9.17) is 0 Å². The van der Waals surface area contributed by atoms with Gasteiger partial charge >= 0.3 is 0 Å². The molecule has 0 aromatic heterocycles. The predicted octanol–water partition coefficient (Wildman–Crippen LogP) is 6.37. The summed E-state index contributed by atoms with van der Waals surface area (Å²) in [6.07, 6.45) is 9.74. The van der Waals surface area contributed by atoms with E-state index in [1.54, 1.807) is 6.08 Å². The summed E-state index contributed by atoms with van der Waals surface area (Å²) >= 11 is 0. The van der Waals surface area contributed by atoms with Gasteiger partial charge in [-0.25, -0.2) is 4.39 Å². The Morgan fingerprint density at radius 1 is 1.00 bits per heavy atom. The molecule has 1 heteroatoms. The largest absolute Gasteiger partial charge is 0.216 e. The van der Waals surface area contributed by atoms with Crippen LogP contribution in [0.15, 0.2) is 12.4 Å². The molecule has 0 N–H and O–H groups in total. The molecule has 0 radical (unpaired) electrons. The molecule has 108 valence electrons. The molecule has 0 aliphatic carbocycles. The Kier molecular flexibility index (Phi) is 10.4. The fourth-order valence-electron chi connectivity index (χ4n) is 2.77. The van der Waals surface area contributed by atoms with E-state index in [0.717, 1.165) is 24.2 Å². The van der Waals surface area contributed by atoms with Gasteiger partial charge in [-0.2, -0.15) is 0 Å². The van der Waals surface area contributed by atoms with Gasteiger partial charge < -0.3 is 0 Å². The Morgan fingerprint density at radius 3 is 2.17 bits per heavy atom. The van der Waals surface area contributed by atoms with Crippen molar-refractivity contribution >= 4 is 0 Å². The number of hydrogen-bond donors (Lipinski definition) is 0. The Bertz CT molecular complexity index is 208. The lowest BCUT2D eigenvalue weighted by Gasteiger charge is -2.27. The number of halogens is 1. The lowest BCUT2D eigenvalue weighted by molar-refractivity contribution is 0.247. The molecule has 3 unspecified atom stereocenters. The first-order valence-corrected chi connectivity index (χ1v) is 7.76. The van der Waals surface area contributed by atoms with Crippen LogP contribution < -0.4 is 0 Å². The molecule has 0 rings (SSSR count). The first kappa shape index (κ1) is 17.7. The van der Waals surface area contributed by atoms with Gasteiger partial charge in [0.15, 0.2) is 0 Å². The zero-order chi connectivity index (χ0) is 14.0. The molecule has 18 heavy (non-hydrogen) atoms. The molecular formula is C17H33F. The van der Waals surface area contributed by atoms with Crippen LogP contribution >= 0.6 is 0 Å². The van der Waals surface area contributed by atoms with Crippen molar-refractivity contribution in [1.29, 1.82) is 0 Å². The molecule has 0 aliphatic heterocycles. The van der Waals surface area contributed by atoms with E-state index in [-0.39, 0.29) is 0 Å². The van der Waals surface area contributed by atoms with Gasteiger partial charge in [-0.15, -0.1) is 0 Å². The van der Waals surface area contributed by atoms with Crippen molar-refractivity contribution in [1.82, 2.24) is 0 Å². The molecule has 0 aromatic rings. The van der Waals surface area contributed by atoms with Crippen LogP contribution in [0.3, 0.4) is 0 Å². The molecule has 0 aromatic carbocycles. The second-order valence-electron chi connectivity index (χ2n) is 6.44. The SMILES string of the molecule is CCCC(C)C(CCC(C)C)CC(C)CC=CF. The predicted molar refractivity (Wildman–Crippen MR) is 80.3 cm³/mol. The molecule has 0 nitrogen and oxygen atoms in total. The number of hydrogen-bond acceptors (Lipinski definition) is 0. The third-order valence-electron chi connectivity index (χ3n) is 4.00. The third kappa shape index (κ3) is 8.72. The van der Waals surface area contributed by atoms with Gasteiger partial charge in [0.25, 0.3) is 0 Å². The summed E-state index contributed by atoms with van der Waals surface area (Å²) in [7, 11) is 0. The summed E-state index contributed by atoms with van der Waals surface area (Å²) in [6, 6.07) is 0. The smallest absolute Gasteiger partial charge is 0.0827 e. The molecule has 0 saturated heterocycles. The highest BCUT2D eigenvalue weighted by molar-refractivity contribution is 4.78. The fourth-order valence-corrected chi connectivity index (χ4v) is 2.77. The molecule has 0 fully saturated rings. The quantitative estimate of drug-likeness (QED) is 0.426. The van der Waals surface area contributed by atoms with E-state index >= 15 is 0 Å². The lowest BCUT2D eigenvalue weighted by Crippen LogP contribution is -2.16. The topological polar surface area (TPSA) is 0 Å². The van der Waals surface area contributed by atoms with Crippen LogP contribution in [-0.4, -0.2) is 0 Å². The summed E-state index contributed by atoms with van der Waals surface area (Å²) in [5.74, 6) is 3.02. The minimum Gasteiger partial charge on any atom is -0.216 e. The fraction of sp³-hybridized carbons (Fsp3) is 0.882. The maximum absolute atomic E-state index is 12.0. The van der Waals surface area contributed by atoms with Crippen molar-refractivity contribution in [3.8, 4) is 0 Å². The normalized spacial score (nSPS) is 17.3. The Morgan fingerprint density at radius 2 is 1.67 bits per heavy atom. The van der Waals surface area contributed by atoms with Crippen molar-refractivity contribution < 1.29 is 4.39 Å². The van der Waals surface area contributed by atoms with Crippen LogP contribution in [-0.2, 0) is 0 Å². The summed E-state index contributed by atoms with van der Waals surface area (Å²) < 4.78 is 12.0. The van der Waals surface area contributed by atoms with Gasteiger partial charge in [-0.05, 0) is 42.9 Å². The summed E-state index contributed by atoms with van der Waals surface area (Å²) in [6.45, 7) is 11.5. The van der Waals surface area contributed by atoms with Crippen LogP contribution in [0.25, 0.3) is 0 Å². The van der Waals surface area contributed by atoms with Crippen molar-refractivity contribution in [3.05, 3.63) is 12.4 Å². The van der Waals surface area contributed by atoms with Gasteiger partial charge in [0.1, 0.15) is 0 Å². The molecule has 3 atom stereocenters. The average molecular weight is 256 g/mol. The van der Waals surface area contributed by atoms with Crippen LogP contribution in [0, 0.1) is 23.7 Å². The van der Waals surface area contributed by atoms with Gasteiger partial charge in [0.05, 0.1) is 6.33 Å². The van der Waals surface area contributed by atoms with E-state index in [2.05, 4.69) is 34.6 Å². The van der Waals surface area contributed by atoms with Crippen molar-refractivity contribution in [3.63, 3.8) is 0 Å². The van der Waals surface area contributed by atoms with Gasteiger partial charge in [-0.1, -0.05) is 60.0 Å². The molecular weight excluding hydrogens is 223 g/mol. The highest BCUT2D eigenvalue weighted by Gasteiger charge is 2.19. The highest BCUT2D eigenvalue weighted by Crippen LogP contribution is 2.30. The van der Waals surface area contributed by atoms with Gasteiger partial charge in [0.2, 0.25) is 0 Å². The summed E-state index contributed by atoms with van der Waals surface area (Å²) in [5, 5.41) is 0. The molecule has 0 aliphatic rings. The Balaban J connectivity index is 4.26. The second-order valence-corrected chi connectivity index (χ2v) is 6.44. The molecule has 0 heterocycles. The van der Waals surface area contributed by atoms with Gasteiger partial charge in [-0.3, -0.25) is 0 Å². The van der Waals surface area contributed by atoms with E-state index in [9.17, 15) is 4.39 Å². The standard InChI is InChI=1S/C17H33F/c1-6-8-16(5)17(11-10-14(2)3)13-15(4)9-7-12-18/h7,12,14-17H,6,8-11,13H2,1-5H3. The van der Waals surface area contributed by atoms with E-state index in [0.29, 0.717) is 12.2 Å². The van der Waals surface area contributed by atoms with Crippen LogP contribution in [0.5, 0.6) is 0 Å². The molecule has 0 bridgehead atoms. The maximum Gasteiger partial charge on any atom is 0.0827 e. The first-order valence-electron chi connectivity index (χ1n) is 7.76. The lowest BCUT2D eigenvalue weighted by atomic mass is 9.79.